The molecular formula is C23H29N3OSi. The monoisotopic (exact) mass is 391 g/mol. The molecule has 0 amide bonds. The molecule has 0 aromatic heterocycles. The highest BCUT2D eigenvalue weighted by atomic mass is 28.4. The molecule has 146 valence electrons. The molecule has 0 saturated heterocycles. The van der Waals surface area contributed by atoms with Crippen LogP contribution in [0, 0.1) is 17.8 Å². The lowest BCUT2D eigenvalue weighted by Gasteiger charge is -2.43. The summed E-state index contributed by atoms with van der Waals surface area (Å²) in [7, 11) is -2.43. The van der Waals surface area contributed by atoms with Crippen LogP contribution in [0.25, 0.3) is 10.4 Å². The van der Waals surface area contributed by atoms with Gasteiger partial charge in [-0.1, -0.05) is 86.5 Å². The van der Waals surface area contributed by atoms with E-state index in [1.54, 1.807) is 0 Å². The van der Waals surface area contributed by atoms with Crippen molar-refractivity contribution >= 4 is 18.7 Å². The highest BCUT2D eigenvalue weighted by molar-refractivity contribution is 6.99. The highest BCUT2D eigenvalue weighted by Crippen LogP contribution is 2.58. The van der Waals surface area contributed by atoms with Crippen LogP contribution < -0.4 is 10.4 Å². The van der Waals surface area contributed by atoms with Crippen LogP contribution in [0.3, 0.4) is 0 Å². The average molecular weight is 392 g/mol. The molecule has 0 heterocycles. The van der Waals surface area contributed by atoms with Crippen LogP contribution in [0.1, 0.15) is 33.6 Å². The summed E-state index contributed by atoms with van der Waals surface area (Å²) < 4.78 is 7.06. The molecule has 4 nitrogen and oxygen atoms in total. The van der Waals surface area contributed by atoms with Gasteiger partial charge in [0, 0.05) is 17.6 Å². The lowest BCUT2D eigenvalue weighted by atomic mass is 10.1. The van der Waals surface area contributed by atoms with Gasteiger partial charge in [-0.15, -0.1) is 0 Å². The Hall–Kier alpha value is -2.07. The van der Waals surface area contributed by atoms with E-state index in [0.29, 0.717) is 17.8 Å². The van der Waals surface area contributed by atoms with Crippen molar-refractivity contribution in [3.63, 3.8) is 0 Å². The number of rotatable bonds is 6. The molecular weight excluding hydrogens is 362 g/mol. The largest absolute Gasteiger partial charge is 0.407 e. The number of hydrogen-bond acceptors (Lipinski definition) is 2. The van der Waals surface area contributed by atoms with E-state index in [9.17, 15) is 0 Å². The Balaban J connectivity index is 1.62. The maximum Gasteiger partial charge on any atom is 0.261 e. The van der Waals surface area contributed by atoms with Crippen LogP contribution in [0.2, 0.25) is 5.04 Å². The fourth-order valence-corrected chi connectivity index (χ4v) is 9.94. The summed E-state index contributed by atoms with van der Waals surface area (Å²) in [5.74, 6) is 1.97. The summed E-state index contributed by atoms with van der Waals surface area (Å²) in [4.78, 5) is 3.00. The molecule has 0 aliphatic heterocycles. The zero-order valence-corrected chi connectivity index (χ0v) is 18.0. The van der Waals surface area contributed by atoms with Gasteiger partial charge >= 0.3 is 0 Å². The van der Waals surface area contributed by atoms with Gasteiger partial charge in [0.1, 0.15) is 0 Å². The van der Waals surface area contributed by atoms with Crippen molar-refractivity contribution in [2.45, 2.75) is 44.7 Å². The van der Waals surface area contributed by atoms with Gasteiger partial charge < -0.3 is 4.43 Å². The van der Waals surface area contributed by atoms with E-state index in [0.717, 1.165) is 19.4 Å². The molecule has 0 N–H and O–H groups in total. The molecule has 2 aliphatic carbocycles. The Labute approximate surface area is 168 Å². The fraction of sp³-hybridized carbons (Fsp3) is 0.478. The molecule has 2 aliphatic rings. The van der Waals surface area contributed by atoms with Gasteiger partial charge in [-0.25, -0.2) is 0 Å². The van der Waals surface area contributed by atoms with Gasteiger partial charge in [0.15, 0.2) is 0 Å². The topological polar surface area (TPSA) is 58.0 Å². The fourth-order valence-electron chi connectivity index (χ4n) is 5.35. The SMILES string of the molecule is CC(C)(C)[Si](OCC1[C@H]2CC(N=[N+]=[N-])C[C@@H]12)(c1ccccc1)c1ccccc1. The zero-order valence-electron chi connectivity index (χ0n) is 17.0. The predicted molar refractivity (Wildman–Crippen MR) is 116 cm³/mol. The predicted octanol–water partition coefficient (Wildman–Crippen LogP) is 4.90. The number of fused-ring (bicyclic) bond motifs is 1. The summed E-state index contributed by atoms with van der Waals surface area (Å²) in [6.07, 6.45) is 2.06. The molecule has 2 aromatic carbocycles. The molecule has 0 bridgehead atoms. The minimum Gasteiger partial charge on any atom is -0.407 e. The molecule has 28 heavy (non-hydrogen) atoms. The van der Waals surface area contributed by atoms with Crippen LogP contribution >= 0.6 is 0 Å². The third-order valence-corrected chi connectivity index (χ3v) is 11.7. The Kier molecular flexibility index (Phi) is 5.09. The van der Waals surface area contributed by atoms with E-state index in [-0.39, 0.29) is 11.1 Å². The van der Waals surface area contributed by atoms with Gasteiger partial charge in [-0.05, 0) is 51.5 Å². The van der Waals surface area contributed by atoms with E-state index in [4.69, 9.17) is 9.96 Å². The van der Waals surface area contributed by atoms with E-state index in [1.807, 2.05) is 0 Å². The summed E-state index contributed by atoms with van der Waals surface area (Å²) in [6.45, 7) is 7.78. The Morgan fingerprint density at radius 3 is 1.89 bits per heavy atom. The molecule has 2 saturated carbocycles. The zero-order chi connectivity index (χ0) is 19.8. The Morgan fingerprint density at radius 1 is 0.964 bits per heavy atom. The molecule has 4 atom stereocenters. The van der Waals surface area contributed by atoms with Gasteiger partial charge in [0.2, 0.25) is 0 Å². The van der Waals surface area contributed by atoms with E-state index in [1.165, 1.54) is 10.4 Å². The smallest absolute Gasteiger partial charge is 0.261 e. The quantitative estimate of drug-likeness (QED) is 0.299. The lowest BCUT2D eigenvalue weighted by Crippen LogP contribution is -2.66. The second-order valence-corrected chi connectivity index (χ2v) is 13.6. The second kappa shape index (κ2) is 7.40. The number of azide groups is 1. The second-order valence-electron chi connectivity index (χ2n) is 9.30. The Morgan fingerprint density at radius 2 is 1.46 bits per heavy atom. The summed E-state index contributed by atoms with van der Waals surface area (Å²) >= 11 is 0. The van der Waals surface area contributed by atoms with E-state index >= 15 is 0 Å². The van der Waals surface area contributed by atoms with Crippen molar-refractivity contribution < 1.29 is 4.43 Å². The van der Waals surface area contributed by atoms with Crippen molar-refractivity contribution in [1.29, 1.82) is 0 Å². The van der Waals surface area contributed by atoms with E-state index in [2.05, 4.69) is 91.5 Å². The van der Waals surface area contributed by atoms with Crippen LogP contribution in [0.15, 0.2) is 65.8 Å². The minimum absolute atomic E-state index is 0.0212. The van der Waals surface area contributed by atoms with Gasteiger partial charge in [0.25, 0.3) is 8.32 Å². The normalized spacial score (nSPS) is 26.4. The van der Waals surface area contributed by atoms with Crippen molar-refractivity contribution in [2.24, 2.45) is 22.9 Å². The molecule has 2 aromatic rings. The molecule has 4 rings (SSSR count). The summed E-state index contributed by atoms with van der Waals surface area (Å²) in [5, 5.41) is 6.63. The van der Waals surface area contributed by atoms with E-state index < -0.39 is 8.32 Å². The van der Waals surface area contributed by atoms with Gasteiger partial charge in [0.05, 0.1) is 0 Å². The van der Waals surface area contributed by atoms with Gasteiger partial charge in [-0.3, -0.25) is 0 Å². The molecule has 0 spiro atoms. The van der Waals surface area contributed by atoms with Crippen LogP contribution in [0.4, 0.5) is 0 Å². The van der Waals surface area contributed by atoms with Crippen LogP contribution in [-0.2, 0) is 4.43 Å². The van der Waals surface area contributed by atoms with Crippen LogP contribution in [0.5, 0.6) is 0 Å². The first-order chi connectivity index (χ1) is 13.5. The molecule has 2 unspecified atom stereocenters. The standard InChI is InChI=1S/C23H29N3OSi/c1-23(2,3)28(18-10-6-4-7-11-18,19-12-8-5-9-13-19)27-16-22-20-14-17(25-26-24)15-21(20)22/h4-13,17,20-22H,14-16H2,1-3H3/t17?,20-,21+,22?. The first-order valence-corrected chi connectivity index (χ1v) is 12.2. The number of nitrogens with zero attached hydrogens (tertiary/aromatic N) is 3. The molecule has 2 fully saturated rings. The third-order valence-electron chi connectivity index (χ3n) is 6.72. The summed E-state index contributed by atoms with van der Waals surface area (Å²) in [6, 6.07) is 21.9. The van der Waals surface area contributed by atoms with Crippen molar-refractivity contribution in [2.75, 3.05) is 6.61 Å². The number of benzene rings is 2. The van der Waals surface area contributed by atoms with Crippen LogP contribution in [-0.4, -0.2) is 21.0 Å². The van der Waals surface area contributed by atoms with Crippen molar-refractivity contribution in [3.8, 4) is 0 Å². The first-order valence-electron chi connectivity index (χ1n) is 10.3. The maximum atomic E-state index is 8.68. The molecule has 5 heteroatoms. The highest BCUT2D eigenvalue weighted by Gasteiger charge is 2.58. The average Bonchev–Trinajstić information content (AvgIpc) is 3.14. The molecule has 0 radical (unpaired) electrons. The lowest BCUT2D eigenvalue weighted by molar-refractivity contribution is 0.260. The number of hydrogen-bond donors (Lipinski definition) is 0. The third kappa shape index (κ3) is 3.28. The minimum atomic E-state index is -2.43. The Bertz CT molecular complexity index is 807. The summed E-state index contributed by atoms with van der Waals surface area (Å²) in [5.41, 5.74) is 8.68. The maximum absolute atomic E-state index is 8.68. The van der Waals surface area contributed by atoms with Crippen molar-refractivity contribution in [1.82, 2.24) is 0 Å². The van der Waals surface area contributed by atoms with Gasteiger partial charge in [-0.2, -0.15) is 0 Å². The first kappa shape index (κ1) is 19.3. The van der Waals surface area contributed by atoms with Crippen molar-refractivity contribution in [3.05, 3.63) is 71.1 Å².